The molecular weight excluding hydrogens is 579 g/mol. The van der Waals surface area contributed by atoms with Gasteiger partial charge in [-0.15, -0.1) is 0 Å². The summed E-state index contributed by atoms with van der Waals surface area (Å²) in [6.07, 6.45) is -0.650. The van der Waals surface area contributed by atoms with E-state index in [4.69, 9.17) is 4.74 Å². The monoisotopic (exact) mass is 628 g/mol. The van der Waals surface area contributed by atoms with Crippen LogP contribution in [0.4, 0.5) is 9.18 Å². The van der Waals surface area contributed by atoms with Crippen LogP contribution in [0.15, 0.2) is 42.5 Å². The molecule has 248 valence electrons. The molecule has 10 nitrogen and oxygen atoms in total. The minimum Gasteiger partial charge on any atom is -0.508 e. The van der Waals surface area contributed by atoms with Crippen molar-refractivity contribution in [3.05, 3.63) is 65.0 Å². The number of amides is 4. The summed E-state index contributed by atoms with van der Waals surface area (Å²) in [7, 11) is 2.93. The predicted octanol–water partition coefficient (Wildman–Crippen LogP) is 4.22. The van der Waals surface area contributed by atoms with Gasteiger partial charge in [0, 0.05) is 26.9 Å². The highest BCUT2D eigenvalue weighted by Crippen LogP contribution is 2.31. The molecular formula is C34H49FN4O6. The topological polar surface area (TPSA) is 137 Å². The van der Waals surface area contributed by atoms with E-state index in [9.17, 15) is 28.7 Å². The van der Waals surface area contributed by atoms with Crippen LogP contribution in [0.25, 0.3) is 0 Å². The number of nitrogens with one attached hydrogen (secondary N) is 3. The number of carbonyl (C=O) groups is 4. The zero-order valence-corrected chi connectivity index (χ0v) is 28.1. The van der Waals surface area contributed by atoms with Crippen LogP contribution in [-0.4, -0.2) is 71.6 Å². The Hall–Kier alpha value is -4.15. The lowest BCUT2D eigenvalue weighted by atomic mass is 9.84. The standard InChI is InChI=1S/C34H49FN4O6/c1-20(2)28(30(42)37-25(29(41)36-9)19-22-13-16-27(40)24(17-22)33(3,4)5)39(10)31(43)26(38-32(44)45-34(6,7)8)18-21-11-14-23(35)15-12-21/h11-17,20,25-26,28,40H,18-19H2,1-10H3,(H,36,41)(H,37,42)(H,38,44)/t25-,26-,28-/m0/s1. The number of phenolic OH excluding ortho intramolecular Hbond substituents is 1. The summed E-state index contributed by atoms with van der Waals surface area (Å²) in [6.45, 7) is 14.5. The first-order valence-corrected chi connectivity index (χ1v) is 15.1. The minimum atomic E-state index is -1.13. The van der Waals surface area contributed by atoms with Crippen molar-refractivity contribution in [2.24, 2.45) is 5.92 Å². The van der Waals surface area contributed by atoms with Crippen molar-refractivity contribution in [2.75, 3.05) is 14.1 Å². The van der Waals surface area contributed by atoms with Crippen LogP contribution in [0.5, 0.6) is 5.75 Å². The van der Waals surface area contributed by atoms with Crippen molar-refractivity contribution in [3.8, 4) is 5.75 Å². The normalized spacial score (nSPS) is 13.8. The fourth-order valence-electron chi connectivity index (χ4n) is 5.00. The van der Waals surface area contributed by atoms with Gasteiger partial charge < -0.3 is 30.7 Å². The summed E-state index contributed by atoms with van der Waals surface area (Å²) in [5.41, 5.74) is 0.859. The quantitative estimate of drug-likeness (QED) is 0.294. The van der Waals surface area contributed by atoms with Crippen molar-refractivity contribution in [1.82, 2.24) is 20.9 Å². The lowest BCUT2D eigenvalue weighted by Gasteiger charge is -2.34. The first-order valence-electron chi connectivity index (χ1n) is 15.1. The van der Waals surface area contributed by atoms with Crippen LogP contribution in [0.3, 0.4) is 0 Å². The Labute approximate surface area is 266 Å². The molecule has 45 heavy (non-hydrogen) atoms. The van der Waals surface area contributed by atoms with Gasteiger partial charge in [0.2, 0.25) is 17.7 Å². The number of nitrogens with zero attached hydrogens (tertiary/aromatic N) is 1. The van der Waals surface area contributed by atoms with Crippen molar-refractivity contribution in [2.45, 2.75) is 97.4 Å². The lowest BCUT2D eigenvalue weighted by molar-refractivity contribution is -0.143. The Morgan fingerprint density at radius 3 is 1.93 bits per heavy atom. The third-order valence-electron chi connectivity index (χ3n) is 7.20. The molecule has 4 N–H and O–H groups in total. The number of aromatic hydroxyl groups is 1. The van der Waals surface area contributed by atoms with Crippen molar-refractivity contribution < 1.29 is 33.4 Å². The van der Waals surface area contributed by atoms with E-state index < -0.39 is 53.4 Å². The van der Waals surface area contributed by atoms with E-state index in [2.05, 4.69) is 16.0 Å². The number of benzene rings is 2. The van der Waals surface area contributed by atoms with E-state index >= 15 is 0 Å². The molecule has 11 heteroatoms. The van der Waals surface area contributed by atoms with Gasteiger partial charge in [0.15, 0.2) is 0 Å². The molecule has 4 amide bonds. The maximum atomic E-state index is 13.9. The fraction of sp³-hybridized carbons (Fsp3) is 0.529. The van der Waals surface area contributed by atoms with Gasteiger partial charge in [-0.05, 0) is 67.0 Å². The average Bonchev–Trinajstić information content (AvgIpc) is 2.91. The van der Waals surface area contributed by atoms with Crippen molar-refractivity contribution in [3.63, 3.8) is 0 Å². The number of carbonyl (C=O) groups excluding carboxylic acids is 4. The predicted molar refractivity (Wildman–Crippen MR) is 171 cm³/mol. The smallest absolute Gasteiger partial charge is 0.408 e. The summed E-state index contributed by atoms with van der Waals surface area (Å²) in [5, 5.41) is 18.4. The molecule has 0 aromatic heterocycles. The number of hydrogen-bond donors (Lipinski definition) is 4. The number of hydrogen-bond acceptors (Lipinski definition) is 6. The van der Waals surface area contributed by atoms with Crippen LogP contribution in [0, 0.1) is 11.7 Å². The Balaban J connectivity index is 2.36. The zero-order valence-electron chi connectivity index (χ0n) is 28.1. The van der Waals surface area contributed by atoms with Gasteiger partial charge >= 0.3 is 6.09 Å². The van der Waals surface area contributed by atoms with Gasteiger partial charge in [-0.2, -0.15) is 0 Å². The van der Waals surface area contributed by atoms with Crippen LogP contribution >= 0.6 is 0 Å². The van der Waals surface area contributed by atoms with E-state index in [1.807, 2.05) is 26.8 Å². The lowest BCUT2D eigenvalue weighted by Crippen LogP contribution is -2.59. The maximum Gasteiger partial charge on any atom is 0.408 e. The highest BCUT2D eigenvalue weighted by Gasteiger charge is 2.36. The summed E-state index contributed by atoms with van der Waals surface area (Å²) >= 11 is 0. The van der Waals surface area contributed by atoms with Crippen molar-refractivity contribution >= 4 is 23.8 Å². The zero-order chi connectivity index (χ0) is 34.3. The fourth-order valence-corrected chi connectivity index (χ4v) is 5.00. The number of alkyl carbamates (subject to hydrolysis) is 1. The molecule has 0 saturated carbocycles. The number of ether oxygens (including phenoxy) is 1. The SMILES string of the molecule is CNC(=O)[C@H](Cc1ccc(O)c(C(C)(C)C)c1)NC(=O)[C@H](C(C)C)N(C)C(=O)[C@H](Cc1ccc(F)cc1)NC(=O)OC(C)(C)C. The molecule has 3 atom stereocenters. The molecule has 0 aliphatic rings. The number of halogens is 1. The van der Waals surface area contributed by atoms with E-state index in [0.29, 0.717) is 11.1 Å². The van der Waals surface area contributed by atoms with Gasteiger partial charge in [0.1, 0.15) is 35.3 Å². The number of phenols is 1. The summed E-state index contributed by atoms with van der Waals surface area (Å²) < 4.78 is 18.9. The molecule has 0 spiro atoms. The van der Waals surface area contributed by atoms with Gasteiger partial charge in [0.05, 0.1) is 0 Å². The molecule has 0 fully saturated rings. The first kappa shape index (κ1) is 37.0. The number of likely N-dealkylation sites (N-methyl/N-ethyl adjacent to an activating group) is 2. The van der Waals surface area contributed by atoms with Crippen LogP contribution in [0.2, 0.25) is 0 Å². The molecule has 0 radical (unpaired) electrons. The second-order valence-corrected chi connectivity index (χ2v) is 13.6. The van der Waals surface area contributed by atoms with E-state index in [-0.39, 0.29) is 29.9 Å². The largest absolute Gasteiger partial charge is 0.508 e. The highest BCUT2D eigenvalue weighted by atomic mass is 19.1. The van der Waals surface area contributed by atoms with E-state index in [0.717, 1.165) is 5.56 Å². The summed E-state index contributed by atoms with van der Waals surface area (Å²) in [5.74, 6) is -2.22. The Kier molecular flexibility index (Phi) is 12.5. The van der Waals surface area contributed by atoms with Gasteiger partial charge in [-0.1, -0.05) is 58.9 Å². The molecule has 0 aliphatic heterocycles. The molecule has 0 saturated heterocycles. The third-order valence-corrected chi connectivity index (χ3v) is 7.20. The molecule has 0 unspecified atom stereocenters. The summed E-state index contributed by atoms with van der Waals surface area (Å²) in [4.78, 5) is 54.6. The Bertz CT molecular complexity index is 1350. The molecule has 0 bridgehead atoms. The average molecular weight is 629 g/mol. The van der Waals surface area contributed by atoms with Crippen LogP contribution < -0.4 is 16.0 Å². The van der Waals surface area contributed by atoms with Gasteiger partial charge in [-0.3, -0.25) is 14.4 Å². The molecule has 0 heterocycles. The van der Waals surface area contributed by atoms with Crippen LogP contribution in [-0.2, 0) is 37.4 Å². The third kappa shape index (κ3) is 11.1. The van der Waals surface area contributed by atoms with Crippen LogP contribution in [0.1, 0.15) is 72.1 Å². The minimum absolute atomic E-state index is 0.0208. The second kappa shape index (κ2) is 15.2. The molecule has 2 aromatic carbocycles. The Morgan fingerprint density at radius 1 is 0.867 bits per heavy atom. The molecule has 0 aliphatic carbocycles. The molecule has 2 aromatic rings. The first-order chi connectivity index (χ1) is 20.7. The summed E-state index contributed by atoms with van der Waals surface area (Å²) in [6, 6.07) is 7.52. The second-order valence-electron chi connectivity index (χ2n) is 13.6. The van der Waals surface area contributed by atoms with E-state index in [1.54, 1.807) is 46.8 Å². The van der Waals surface area contributed by atoms with Crippen molar-refractivity contribution in [1.29, 1.82) is 0 Å². The van der Waals surface area contributed by atoms with Gasteiger partial charge in [-0.25, -0.2) is 9.18 Å². The maximum absolute atomic E-state index is 13.9. The highest BCUT2D eigenvalue weighted by molar-refractivity contribution is 5.94. The van der Waals surface area contributed by atoms with E-state index in [1.165, 1.54) is 43.3 Å². The molecule has 2 rings (SSSR count). The Morgan fingerprint density at radius 2 is 1.42 bits per heavy atom. The van der Waals surface area contributed by atoms with Gasteiger partial charge in [0.25, 0.3) is 0 Å². The number of rotatable bonds is 11.